The van der Waals surface area contributed by atoms with Crippen molar-refractivity contribution in [2.45, 2.75) is 63.5 Å². The van der Waals surface area contributed by atoms with E-state index in [4.69, 9.17) is 0 Å². The van der Waals surface area contributed by atoms with Gasteiger partial charge in [-0.2, -0.15) is 0 Å². The maximum atomic E-state index is 12.4. The molecule has 24 heavy (non-hydrogen) atoms. The van der Waals surface area contributed by atoms with Crippen molar-refractivity contribution in [3.8, 4) is 0 Å². The molecule has 2 unspecified atom stereocenters. The van der Waals surface area contributed by atoms with Gasteiger partial charge in [-0.1, -0.05) is 37.3 Å². The molecule has 6 nitrogen and oxygen atoms in total. The van der Waals surface area contributed by atoms with Gasteiger partial charge < -0.3 is 10.6 Å². The highest BCUT2D eigenvalue weighted by Crippen LogP contribution is 2.44. The van der Waals surface area contributed by atoms with Gasteiger partial charge in [-0.05, 0) is 44.2 Å². The fourth-order valence-corrected chi connectivity index (χ4v) is 4.34. The van der Waals surface area contributed by atoms with Crippen LogP contribution in [0.2, 0.25) is 0 Å². The van der Waals surface area contributed by atoms with Gasteiger partial charge >= 0.3 is 0 Å². The summed E-state index contributed by atoms with van der Waals surface area (Å²) < 4.78 is 1.88. The molecule has 1 aromatic heterocycles. The molecule has 3 fully saturated rings. The fourth-order valence-electron chi connectivity index (χ4n) is 4.34. The van der Waals surface area contributed by atoms with Crippen molar-refractivity contribution in [1.82, 2.24) is 25.6 Å². The van der Waals surface area contributed by atoms with Crippen molar-refractivity contribution in [2.75, 3.05) is 13.1 Å². The lowest BCUT2D eigenvalue weighted by Gasteiger charge is -2.22. The highest BCUT2D eigenvalue weighted by atomic mass is 35.5. The van der Waals surface area contributed by atoms with Gasteiger partial charge in [0.05, 0.1) is 12.2 Å². The van der Waals surface area contributed by atoms with Crippen LogP contribution in [-0.4, -0.2) is 40.0 Å². The zero-order valence-electron chi connectivity index (χ0n) is 14.1. The van der Waals surface area contributed by atoms with E-state index in [1.165, 1.54) is 32.1 Å². The molecule has 2 atom stereocenters. The average molecular weight is 354 g/mol. The third kappa shape index (κ3) is 3.91. The maximum absolute atomic E-state index is 12.4. The summed E-state index contributed by atoms with van der Waals surface area (Å²) in [7, 11) is 0. The number of rotatable bonds is 4. The molecular formula is C17H28ClN5O. The molecule has 1 aliphatic heterocycles. The van der Waals surface area contributed by atoms with Crippen LogP contribution >= 0.6 is 12.4 Å². The van der Waals surface area contributed by atoms with Crippen LogP contribution in [0, 0.1) is 11.8 Å². The van der Waals surface area contributed by atoms with Gasteiger partial charge in [-0.15, -0.1) is 17.5 Å². The van der Waals surface area contributed by atoms with Crippen LogP contribution in [0.15, 0.2) is 6.20 Å². The number of carbonyl (C=O) groups excluding carboxylic acids is 1. The second-order valence-corrected chi connectivity index (χ2v) is 7.44. The third-order valence-corrected chi connectivity index (χ3v) is 5.84. The van der Waals surface area contributed by atoms with Gasteiger partial charge in [0.15, 0.2) is 5.69 Å². The predicted octanol–water partition coefficient (Wildman–Crippen LogP) is 2.32. The lowest BCUT2D eigenvalue weighted by atomic mass is 9.85. The first kappa shape index (κ1) is 17.7. The number of halogens is 1. The molecule has 2 aliphatic carbocycles. The van der Waals surface area contributed by atoms with Crippen LogP contribution in [0.1, 0.15) is 67.9 Å². The Balaban J connectivity index is 0.00000169. The first-order chi connectivity index (χ1) is 11.3. The highest BCUT2D eigenvalue weighted by molar-refractivity contribution is 5.92. The Morgan fingerprint density at radius 1 is 1.17 bits per heavy atom. The van der Waals surface area contributed by atoms with E-state index in [0.29, 0.717) is 23.7 Å². The number of carbonyl (C=O) groups is 1. The van der Waals surface area contributed by atoms with E-state index < -0.39 is 0 Å². The molecule has 1 saturated heterocycles. The van der Waals surface area contributed by atoms with Crippen LogP contribution < -0.4 is 10.6 Å². The van der Waals surface area contributed by atoms with E-state index in [-0.39, 0.29) is 18.3 Å². The summed E-state index contributed by atoms with van der Waals surface area (Å²) in [6.45, 7) is 2.02. The molecule has 0 bridgehead atoms. The lowest BCUT2D eigenvalue weighted by molar-refractivity contribution is 0.0941. The van der Waals surface area contributed by atoms with Crippen molar-refractivity contribution in [3.05, 3.63) is 11.9 Å². The quantitative estimate of drug-likeness (QED) is 0.871. The van der Waals surface area contributed by atoms with Crippen molar-refractivity contribution in [3.63, 3.8) is 0 Å². The van der Waals surface area contributed by atoms with E-state index in [0.717, 1.165) is 38.3 Å². The molecule has 134 valence electrons. The molecule has 7 heteroatoms. The SMILES string of the molecule is Cl.O=C(NC1CC1C1CCCCC1)c1cn(C2CCNCC2)nn1. The van der Waals surface area contributed by atoms with Crippen molar-refractivity contribution in [2.24, 2.45) is 11.8 Å². The number of hydrogen-bond acceptors (Lipinski definition) is 4. The topological polar surface area (TPSA) is 71.8 Å². The number of nitrogens with one attached hydrogen (secondary N) is 2. The fraction of sp³-hybridized carbons (Fsp3) is 0.824. The summed E-state index contributed by atoms with van der Waals surface area (Å²) in [6.07, 6.45) is 11.9. The van der Waals surface area contributed by atoms with E-state index in [9.17, 15) is 4.79 Å². The van der Waals surface area contributed by atoms with Gasteiger partial charge in [0.2, 0.25) is 0 Å². The molecule has 0 aromatic carbocycles. The van der Waals surface area contributed by atoms with E-state index in [2.05, 4.69) is 20.9 Å². The van der Waals surface area contributed by atoms with Gasteiger partial charge in [-0.3, -0.25) is 4.79 Å². The molecule has 2 saturated carbocycles. The minimum Gasteiger partial charge on any atom is -0.348 e. The van der Waals surface area contributed by atoms with Crippen molar-refractivity contribution >= 4 is 18.3 Å². The Labute approximate surface area is 149 Å². The number of nitrogens with zero attached hydrogens (tertiary/aromatic N) is 3. The summed E-state index contributed by atoms with van der Waals surface area (Å²) in [5.41, 5.74) is 0.470. The molecule has 3 aliphatic rings. The molecule has 1 amide bonds. The summed E-state index contributed by atoms with van der Waals surface area (Å²) in [4.78, 5) is 12.4. The Hall–Kier alpha value is -1.14. The van der Waals surface area contributed by atoms with E-state index >= 15 is 0 Å². The number of amides is 1. The van der Waals surface area contributed by atoms with Gasteiger partial charge in [0.25, 0.3) is 5.91 Å². The van der Waals surface area contributed by atoms with Crippen LogP contribution in [0.3, 0.4) is 0 Å². The van der Waals surface area contributed by atoms with Crippen molar-refractivity contribution < 1.29 is 4.79 Å². The zero-order chi connectivity index (χ0) is 15.6. The van der Waals surface area contributed by atoms with Gasteiger partial charge in [0, 0.05) is 6.04 Å². The Kier molecular flexibility index (Phi) is 5.76. The monoisotopic (exact) mass is 353 g/mol. The second kappa shape index (κ2) is 7.83. The molecule has 2 heterocycles. The van der Waals surface area contributed by atoms with Crippen LogP contribution in [0.5, 0.6) is 0 Å². The van der Waals surface area contributed by atoms with E-state index in [1.54, 1.807) is 0 Å². The molecule has 0 spiro atoms. The lowest BCUT2D eigenvalue weighted by Crippen LogP contribution is -2.30. The summed E-state index contributed by atoms with van der Waals surface area (Å²) in [5.74, 6) is 1.49. The predicted molar refractivity (Wildman–Crippen MR) is 94.3 cm³/mol. The van der Waals surface area contributed by atoms with Crippen LogP contribution in [-0.2, 0) is 0 Å². The third-order valence-electron chi connectivity index (χ3n) is 5.84. The molecule has 2 N–H and O–H groups in total. The molecule has 4 rings (SSSR count). The first-order valence-electron chi connectivity index (χ1n) is 9.24. The summed E-state index contributed by atoms with van der Waals surface area (Å²) in [6, 6.07) is 0.746. The number of aromatic nitrogens is 3. The van der Waals surface area contributed by atoms with Crippen LogP contribution in [0.25, 0.3) is 0 Å². The second-order valence-electron chi connectivity index (χ2n) is 7.44. The smallest absolute Gasteiger partial charge is 0.273 e. The first-order valence-corrected chi connectivity index (χ1v) is 9.24. The Bertz CT molecular complexity index is 551. The molecule has 1 aromatic rings. The average Bonchev–Trinajstić information content (AvgIpc) is 3.19. The summed E-state index contributed by atoms with van der Waals surface area (Å²) in [5, 5.41) is 14.8. The number of hydrogen-bond donors (Lipinski definition) is 2. The molecular weight excluding hydrogens is 326 g/mol. The highest BCUT2D eigenvalue weighted by Gasteiger charge is 2.44. The molecule has 0 radical (unpaired) electrons. The largest absolute Gasteiger partial charge is 0.348 e. The van der Waals surface area contributed by atoms with Gasteiger partial charge in [0.1, 0.15) is 0 Å². The Morgan fingerprint density at radius 3 is 2.67 bits per heavy atom. The maximum Gasteiger partial charge on any atom is 0.273 e. The standard InChI is InChI=1S/C17H27N5O.ClH/c23-17(19-15-10-14(15)12-4-2-1-3-5-12)16-11-22(21-20-16)13-6-8-18-9-7-13;/h11-15,18H,1-10H2,(H,19,23);1H. The zero-order valence-corrected chi connectivity index (χ0v) is 14.9. The minimum absolute atomic E-state index is 0. The normalized spacial score (nSPS) is 28.2. The summed E-state index contributed by atoms with van der Waals surface area (Å²) >= 11 is 0. The van der Waals surface area contributed by atoms with Crippen molar-refractivity contribution in [1.29, 1.82) is 0 Å². The minimum atomic E-state index is -0.0477. The number of piperidine rings is 1. The van der Waals surface area contributed by atoms with E-state index in [1.807, 2.05) is 10.9 Å². The Morgan fingerprint density at radius 2 is 1.92 bits per heavy atom. The van der Waals surface area contributed by atoms with Gasteiger partial charge in [-0.25, -0.2) is 4.68 Å². The van der Waals surface area contributed by atoms with Crippen LogP contribution in [0.4, 0.5) is 0 Å².